The number of benzene rings is 1. The molecule has 5 heteroatoms. The number of β-amino-alcohol motifs (C(OH)–C–C–N with tert-alkyl or cyclic N) is 2. The fourth-order valence-electron chi connectivity index (χ4n) is 2.10. The molecule has 17 heavy (non-hydrogen) atoms. The largest absolute Gasteiger partial charge is 0.389 e. The molecule has 1 saturated heterocycles. The Balaban J connectivity index is 2.20. The van der Waals surface area contributed by atoms with Gasteiger partial charge in [0.15, 0.2) is 0 Å². The average molecular weight is 240 g/mol. The van der Waals surface area contributed by atoms with E-state index in [1.165, 1.54) is 12.1 Å². The molecule has 1 aliphatic rings. The molecule has 2 unspecified atom stereocenters. The van der Waals surface area contributed by atoms with Crippen LogP contribution in [-0.2, 0) is 6.54 Å². The molecule has 0 spiro atoms. The number of anilines is 1. The topological polar surface area (TPSA) is 55.7 Å². The Hall–Kier alpha value is -1.17. The van der Waals surface area contributed by atoms with Crippen LogP contribution in [-0.4, -0.2) is 42.6 Å². The highest BCUT2D eigenvalue weighted by molar-refractivity contribution is 5.50. The highest BCUT2D eigenvalue weighted by Gasteiger charge is 2.29. The monoisotopic (exact) mass is 240 g/mol. The van der Waals surface area contributed by atoms with Gasteiger partial charge in [0.1, 0.15) is 5.82 Å². The van der Waals surface area contributed by atoms with Gasteiger partial charge in [0.05, 0.1) is 12.2 Å². The van der Waals surface area contributed by atoms with Gasteiger partial charge in [-0.05, 0) is 30.8 Å². The predicted molar refractivity (Wildman–Crippen MR) is 63.4 cm³/mol. The molecule has 0 aromatic heterocycles. The molecular weight excluding hydrogens is 223 g/mol. The summed E-state index contributed by atoms with van der Waals surface area (Å²) in [5.41, 5.74) is 1.55. The quantitative estimate of drug-likeness (QED) is 0.701. The maximum absolute atomic E-state index is 13.4. The first-order valence-electron chi connectivity index (χ1n) is 5.65. The van der Waals surface area contributed by atoms with E-state index in [2.05, 4.69) is 5.32 Å². The molecule has 2 atom stereocenters. The normalized spacial score (nSPS) is 24.4. The van der Waals surface area contributed by atoms with Crippen molar-refractivity contribution < 1.29 is 14.6 Å². The van der Waals surface area contributed by atoms with Crippen molar-refractivity contribution in [3.8, 4) is 0 Å². The first-order chi connectivity index (χ1) is 8.10. The van der Waals surface area contributed by atoms with Crippen molar-refractivity contribution in [2.45, 2.75) is 18.8 Å². The van der Waals surface area contributed by atoms with E-state index in [-0.39, 0.29) is 5.82 Å². The molecule has 0 radical (unpaired) electrons. The van der Waals surface area contributed by atoms with Gasteiger partial charge in [0.25, 0.3) is 0 Å². The number of aliphatic hydroxyl groups is 2. The third-order valence-electron chi connectivity index (χ3n) is 2.95. The van der Waals surface area contributed by atoms with Gasteiger partial charge in [-0.2, -0.15) is 0 Å². The highest BCUT2D eigenvalue weighted by atomic mass is 19.1. The van der Waals surface area contributed by atoms with E-state index in [9.17, 15) is 14.6 Å². The lowest BCUT2D eigenvalue weighted by Gasteiger charge is -2.18. The summed E-state index contributed by atoms with van der Waals surface area (Å²) in [5, 5.41) is 21.9. The summed E-state index contributed by atoms with van der Waals surface area (Å²) < 4.78 is 13.4. The molecule has 0 amide bonds. The molecule has 1 heterocycles. The van der Waals surface area contributed by atoms with Gasteiger partial charge in [-0.25, -0.2) is 4.39 Å². The van der Waals surface area contributed by atoms with E-state index >= 15 is 0 Å². The smallest absolute Gasteiger partial charge is 0.125 e. The zero-order valence-corrected chi connectivity index (χ0v) is 9.73. The number of hydrogen-bond donors (Lipinski definition) is 3. The summed E-state index contributed by atoms with van der Waals surface area (Å²) in [4.78, 5) is 1.79. The van der Waals surface area contributed by atoms with Crippen LogP contribution in [0.5, 0.6) is 0 Å². The lowest BCUT2D eigenvalue weighted by molar-refractivity contribution is 0.0572. The number of hydrogen-bond acceptors (Lipinski definition) is 4. The van der Waals surface area contributed by atoms with Crippen LogP contribution >= 0.6 is 0 Å². The first kappa shape index (κ1) is 12.3. The third-order valence-corrected chi connectivity index (χ3v) is 2.95. The van der Waals surface area contributed by atoms with E-state index in [0.717, 1.165) is 5.56 Å². The van der Waals surface area contributed by atoms with Crippen molar-refractivity contribution >= 4 is 5.69 Å². The molecule has 1 aromatic rings. The second-order valence-corrected chi connectivity index (χ2v) is 4.39. The highest BCUT2D eigenvalue weighted by Crippen LogP contribution is 2.23. The minimum Gasteiger partial charge on any atom is -0.389 e. The number of nitrogens with zero attached hydrogens (tertiary/aromatic N) is 1. The van der Waals surface area contributed by atoms with Crippen molar-refractivity contribution in [3.05, 3.63) is 29.6 Å². The SMILES string of the molecule is CNCc1cc(F)cc(N2CC(O)C(O)C2)c1. The van der Waals surface area contributed by atoms with Gasteiger partial charge in [-0.1, -0.05) is 0 Å². The molecule has 0 saturated carbocycles. The summed E-state index contributed by atoms with van der Waals surface area (Å²) in [6, 6.07) is 4.76. The van der Waals surface area contributed by atoms with Crippen LogP contribution in [0.25, 0.3) is 0 Å². The van der Waals surface area contributed by atoms with Crippen molar-refractivity contribution in [1.82, 2.24) is 5.32 Å². The lowest BCUT2D eigenvalue weighted by atomic mass is 10.2. The van der Waals surface area contributed by atoms with Crippen LogP contribution in [0.3, 0.4) is 0 Å². The molecule has 0 bridgehead atoms. The van der Waals surface area contributed by atoms with E-state index in [1.807, 2.05) is 6.07 Å². The van der Waals surface area contributed by atoms with Crippen molar-refractivity contribution in [2.75, 3.05) is 25.0 Å². The van der Waals surface area contributed by atoms with Crippen LogP contribution in [0.15, 0.2) is 18.2 Å². The van der Waals surface area contributed by atoms with Gasteiger partial charge in [-0.3, -0.25) is 0 Å². The van der Waals surface area contributed by atoms with Crippen molar-refractivity contribution in [2.24, 2.45) is 0 Å². The Bertz CT molecular complexity index is 390. The van der Waals surface area contributed by atoms with Gasteiger partial charge in [0, 0.05) is 25.3 Å². The number of nitrogens with one attached hydrogen (secondary N) is 1. The van der Waals surface area contributed by atoms with Crippen LogP contribution in [0.2, 0.25) is 0 Å². The third kappa shape index (κ3) is 2.74. The van der Waals surface area contributed by atoms with Crippen molar-refractivity contribution in [1.29, 1.82) is 0 Å². The summed E-state index contributed by atoms with van der Waals surface area (Å²) in [6.45, 7) is 1.26. The van der Waals surface area contributed by atoms with E-state index < -0.39 is 12.2 Å². The fraction of sp³-hybridized carbons (Fsp3) is 0.500. The molecule has 2 rings (SSSR count). The average Bonchev–Trinajstić information content (AvgIpc) is 2.59. The van der Waals surface area contributed by atoms with Crippen LogP contribution in [0.1, 0.15) is 5.56 Å². The van der Waals surface area contributed by atoms with Gasteiger partial charge >= 0.3 is 0 Å². The molecule has 3 N–H and O–H groups in total. The maximum atomic E-state index is 13.4. The Morgan fingerprint density at radius 3 is 2.53 bits per heavy atom. The second-order valence-electron chi connectivity index (χ2n) is 4.39. The predicted octanol–water partition coefficient (Wildman–Crippen LogP) is 0.0869. The molecule has 1 fully saturated rings. The minimum absolute atomic E-state index is 0.302. The Kier molecular flexibility index (Phi) is 3.61. The summed E-state index contributed by atoms with van der Waals surface area (Å²) >= 11 is 0. The van der Waals surface area contributed by atoms with Gasteiger partial charge in [-0.15, -0.1) is 0 Å². The van der Waals surface area contributed by atoms with E-state index in [0.29, 0.717) is 25.3 Å². The lowest BCUT2D eigenvalue weighted by Crippen LogP contribution is -2.22. The minimum atomic E-state index is -0.758. The maximum Gasteiger partial charge on any atom is 0.125 e. The van der Waals surface area contributed by atoms with Gasteiger partial charge < -0.3 is 20.4 Å². The number of aliphatic hydroxyl groups excluding tert-OH is 2. The zero-order chi connectivity index (χ0) is 12.4. The molecule has 1 aliphatic heterocycles. The molecule has 94 valence electrons. The standard InChI is InChI=1S/C12H17FN2O2/c1-14-5-8-2-9(13)4-10(3-8)15-6-11(16)12(17)7-15/h2-4,11-12,14,16-17H,5-7H2,1H3. The van der Waals surface area contributed by atoms with E-state index in [1.54, 1.807) is 11.9 Å². The molecule has 0 aliphatic carbocycles. The number of rotatable bonds is 3. The second kappa shape index (κ2) is 5.00. The van der Waals surface area contributed by atoms with E-state index in [4.69, 9.17) is 0 Å². The van der Waals surface area contributed by atoms with Crippen molar-refractivity contribution in [3.63, 3.8) is 0 Å². The van der Waals surface area contributed by atoms with Crippen LogP contribution in [0, 0.1) is 5.82 Å². The Labute approximate surface area is 99.7 Å². The zero-order valence-electron chi connectivity index (χ0n) is 9.73. The summed E-state index contributed by atoms with van der Waals surface area (Å²) in [5.74, 6) is -0.302. The van der Waals surface area contributed by atoms with Gasteiger partial charge in [0.2, 0.25) is 0 Å². The fourth-order valence-corrected chi connectivity index (χ4v) is 2.10. The summed E-state index contributed by atoms with van der Waals surface area (Å²) in [7, 11) is 1.80. The summed E-state index contributed by atoms with van der Waals surface area (Å²) in [6.07, 6.45) is -1.52. The van der Waals surface area contributed by atoms with Crippen LogP contribution < -0.4 is 10.2 Å². The Morgan fingerprint density at radius 1 is 1.29 bits per heavy atom. The molecule has 1 aromatic carbocycles. The first-order valence-corrected chi connectivity index (χ1v) is 5.65. The molecular formula is C12H17FN2O2. The van der Waals surface area contributed by atoms with Crippen LogP contribution in [0.4, 0.5) is 10.1 Å². The number of halogens is 1. The molecule has 4 nitrogen and oxygen atoms in total. The Morgan fingerprint density at radius 2 is 1.94 bits per heavy atom.